The van der Waals surface area contributed by atoms with Gasteiger partial charge in [0.1, 0.15) is 0 Å². The molecule has 1 aliphatic carbocycles. The van der Waals surface area contributed by atoms with E-state index < -0.39 is 0 Å². The molecule has 1 fully saturated rings. The highest BCUT2D eigenvalue weighted by Crippen LogP contribution is 2.44. The SMILES string of the molecule is CC(C)(C)CO[C@@H]1C[C@H](NC(C)(C)C)C1(C)C. The summed E-state index contributed by atoms with van der Waals surface area (Å²) in [7, 11) is 0. The highest BCUT2D eigenvalue weighted by atomic mass is 16.5. The lowest BCUT2D eigenvalue weighted by molar-refractivity contribution is -0.137. The van der Waals surface area contributed by atoms with Gasteiger partial charge in [-0.1, -0.05) is 34.6 Å². The van der Waals surface area contributed by atoms with Crippen LogP contribution >= 0.6 is 0 Å². The van der Waals surface area contributed by atoms with E-state index in [0.717, 1.165) is 13.0 Å². The van der Waals surface area contributed by atoms with Crippen molar-refractivity contribution < 1.29 is 4.74 Å². The van der Waals surface area contributed by atoms with Crippen LogP contribution in [-0.2, 0) is 4.74 Å². The van der Waals surface area contributed by atoms with Crippen LogP contribution in [0.25, 0.3) is 0 Å². The highest BCUT2D eigenvalue weighted by molar-refractivity contribution is 5.04. The monoisotopic (exact) mass is 241 g/mol. The van der Waals surface area contributed by atoms with Gasteiger partial charge >= 0.3 is 0 Å². The Hall–Kier alpha value is -0.0800. The molecule has 0 aromatic carbocycles. The first-order valence-corrected chi connectivity index (χ1v) is 6.81. The van der Waals surface area contributed by atoms with E-state index in [1.165, 1.54) is 0 Å². The first kappa shape index (κ1) is 15.0. The summed E-state index contributed by atoms with van der Waals surface area (Å²) in [6.07, 6.45) is 1.54. The zero-order valence-electron chi connectivity index (χ0n) is 13.0. The Morgan fingerprint density at radius 3 is 2.00 bits per heavy atom. The lowest BCUT2D eigenvalue weighted by atomic mass is 9.64. The predicted octanol–water partition coefficient (Wildman–Crippen LogP) is 3.60. The lowest BCUT2D eigenvalue weighted by Crippen LogP contribution is -2.64. The van der Waals surface area contributed by atoms with Gasteiger partial charge in [0.05, 0.1) is 12.7 Å². The smallest absolute Gasteiger partial charge is 0.0656 e. The van der Waals surface area contributed by atoms with Crippen LogP contribution in [-0.4, -0.2) is 24.3 Å². The summed E-state index contributed by atoms with van der Waals surface area (Å²) in [6.45, 7) is 18.8. The largest absolute Gasteiger partial charge is 0.377 e. The topological polar surface area (TPSA) is 21.3 Å². The predicted molar refractivity (Wildman–Crippen MR) is 74.3 cm³/mol. The Labute approximate surface area is 108 Å². The van der Waals surface area contributed by atoms with Crippen molar-refractivity contribution in [1.82, 2.24) is 5.32 Å². The molecule has 1 saturated carbocycles. The molecule has 2 nitrogen and oxygen atoms in total. The van der Waals surface area contributed by atoms with Crippen molar-refractivity contribution in [2.24, 2.45) is 10.8 Å². The Kier molecular flexibility index (Phi) is 4.01. The van der Waals surface area contributed by atoms with Crippen LogP contribution in [0.1, 0.15) is 61.8 Å². The molecule has 0 aliphatic heterocycles. The zero-order chi connectivity index (χ0) is 13.5. The molecular weight excluding hydrogens is 210 g/mol. The number of ether oxygens (including phenoxy) is 1. The van der Waals surface area contributed by atoms with Gasteiger partial charge < -0.3 is 10.1 Å². The minimum atomic E-state index is 0.191. The van der Waals surface area contributed by atoms with Gasteiger partial charge in [0.2, 0.25) is 0 Å². The summed E-state index contributed by atoms with van der Waals surface area (Å²) < 4.78 is 6.06. The maximum atomic E-state index is 6.06. The molecule has 0 aromatic rings. The Balaban J connectivity index is 2.44. The third-order valence-electron chi connectivity index (χ3n) is 3.50. The summed E-state index contributed by atoms with van der Waals surface area (Å²) in [5.74, 6) is 0. The van der Waals surface area contributed by atoms with Gasteiger partial charge in [-0.05, 0) is 32.6 Å². The molecule has 2 atom stereocenters. The van der Waals surface area contributed by atoms with Crippen molar-refractivity contribution in [3.05, 3.63) is 0 Å². The molecule has 1 rings (SSSR count). The van der Waals surface area contributed by atoms with Crippen molar-refractivity contribution in [2.45, 2.75) is 79.5 Å². The molecule has 0 amide bonds. The minimum absolute atomic E-state index is 0.191. The van der Waals surface area contributed by atoms with E-state index in [1.807, 2.05) is 0 Å². The van der Waals surface area contributed by atoms with Crippen LogP contribution in [0.5, 0.6) is 0 Å². The fraction of sp³-hybridized carbons (Fsp3) is 1.00. The fourth-order valence-corrected chi connectivity index (χ4v) is 2.29. The van der Waals surface area contributed by atoms with Crippen LogP contribution < -0.4 is 5.32 Å². The van der Waals surface area contributed by atoms with Gasteiger partial charge in [-0.3, -0.25) is 0 Å². The normalized spacial score (nSPS) is 28.9. The minimum Gasteiger partial charge on any atom is -0.377 e. The van der Waals surface area contributed by atoms with E-state index in [0.29, 0.717) is 12.1 Å². The van der Waals surface area contributed by atoms with Crippen molar-refractivity contribution in [3.8, 4) is 0 Å². The maximum absolute atomic E-state index is 6.06. The number of nitrogens with one attached hydrogen (secondary N) is 1. The van der Waals surface area contributed by atoms with Crippen molar-refractivity contribution in [2.75, 3.05) is 6.61 Å². The molecule has 0 unspecified atom stereocenters. The second kappa shape index (κ2) is 4.55. The van der Waals surface area contributed by atoms with E-state index >= 15 is 0 Å². The van der Waals surface area contributed by atoms with E-state index in [4.69, 9.17) is 4.74 Å². The first-order valence-electron chi connectivity index (χ1n) is 6.81. The summed E-state index contributed by atoms with van der Waals surface area (Å²) in [4.78, 5) is 0. The molecule has 0 spiro atoms. The second-order valence-electron chi connectivity index (χ2n) is 8.36. The molecular formula is C15H31NO. The van der Waals surface area contributed by atoms with Gasteiger partial charge in [0.25, 0.3) is 0 Å². The van der Waals surface area contributed by atoms with Crippen LogP contribution in [0.2, 0.25) is 0 Å². The average molecular weight is 241 g/mol. The Bertz CT molecular complexity index is 257. The summed E-state index contributed by atoms with van der Waals surface area (Å²) in [5.41, 5.74) is 0.702. The fourth-order valence-electron chi connectivity index (χ4n) is 2.29. The molecule has 102 valence electrons. The van der Waals surface area contributed by atoms with Crippen molar-refractivity contribution in [1.29, 1.82) is 0 Å². The number of rotatable bonds is 3. The molecule has 0 saturated heterocycles. The third-order valence-corrected chi connectivity index (χ3v) is 3.50. The second-order valence-corrected chi connectivity index (χ2v) is 8.36. The van der Waals surface area contributed by atoms with E-state index in [-0.39, 0.29) is 16.4 Å². The Morgan fingerprint density at radius 2 is 1.65 bits per heavy atom. The van der Waals surface area contributed by atoms with Crippen molar-refractivity contribution >= 4 is 0 Å². The summed E-state index contributed by atoms with van der Waals surface area (Å²) in [5, 5.41) is 3.69. The highest BCUT2D eigenvalue weighted by Gasteiger charge is 2.50. The van der Waals surface area contributed by atoms with E-state index in [1.54, 1.807) is 0 Å². The van der Waals surface area contributed by atoms with Gasteiger partial charge in [-0.25, -0.2) is 0 Å². The molecule has 0 heterocycles. The average Bonchev–Trinajstić information content (AvgIpc) is 2.06. The zero-order valence-corrected chi connectivity index (χ0v) is 13.0. The van der Waals surface area contributed by atoms with Crippen LogP contribution in [0.15, 0.2) is 0 Å². The van der Waals surface area contributed by atoms with Crippen molar-refractivity contribution in [3.63, 3.8) is 0 Å². The van der Waals surface area contributed by atoms with Gasteiger partial charge in [0, 0.05) is 17.0 Å². The van der Waals surface area contributed by atoms with E-state index in [9.17, 15) is 0 Å². The van der Waals surface area contributed by atoms with Gasteiger partial charge in [-0.2, -0.15) is 0 Å². The quantitative estimate of drug-likeness (QED) is 0.815. The summed E-state index contributed by atoms with van der Waals surface area (Å²) in [6, 6.07) is 0.576. The van der Waals surface area contributed by atoms with Gasteiger partial charge in [0.15, 0.2) is 0 Å². The molecule has 0 radical (unpaired) electrons. The number of hydrogen-bond donors (Lipinski definition) is 1. The Morgan fingerprint density at radius 1 is 1.12 bits per heavy atom. The summed E-state index contributed by atoms with van der Waals surface area (Å²) >= 11 is 0. The molecule has 0 aromatic heterocycles. The molecule has 17 heavy (non-hydrogen) atoms. The third kappa shape index (κ3) is 4.26. The molecule has 1 aliphatic rings. The lowest BCUT2D eigenvalue weighted by Gasteiger charge is -2.54. The van der Waals surface area contributed by atoms with Crippen LogP contribution in [0.4, 0.5) is 0 Å². The van der Waals surface area contributed by atoms with Gasteiger partial charge in [-0.15, -0.1) is 0 Å². The first-order chi connectivity index (χ1) is 7.42. The standard InChI is InChI=1S/C15H31NO/c1-13(2,3)10-17-12-9-11(15(12,7)8)16-14(4,5)6/h11-12,16H,9-10H2,1-8H3/t11-,12+/m0/s1. The molecule has 0 bridgehead atoms. The number of hydrogen-bond acceptors (Lipinski definition) is 2. The van der Waals surface area contributed by atoms with E-state index in [2.05, 4.69) is 60.7 Å². The van der Waals surface area contributed by atoms with Crippen LogP contribution in [0.3, 0.4) is 0 Å². The molecule has 1 N–H and O–H groups in total. The van der Waals surface area contributed by atoms with Crippen LogP contribution in [0, 0.1) is 10.8 Å². The molecule has 2 heteroatoms. The maximum Gasteiger partial charge on any atom is 0.0656 e.